The second-order valence-electron chi connectivity index (χ2n) is 13.5. The minimum Gasteiger partial charge on any atom is -0.458 e. The van der Waals surface area contributed by atoms with Crippen LogP contribution in [0.25, 0.3) is 0 Å². The molecule has 8 atom stereocenters. The van der Waals surface area contributed by atoms with E-state index < -0.39 is 101 Å². The monoisotopic (exact) mass is 664 g/mol. The molecule has 262 valence electrons. The van der Waals surface area contributed by atoms with Crippen LogP contribution in [-0.2, 0) is 62.0 Å². The van der Waals surface area contributed by atoms with E-state index in [4.69, 9.17) is 28.4 Å². The maximum absolute atomic E-state index is 14.7. The Hall–Kier alpha value is -3.87. The standard InChI is InChI=1S/C34H48O13/c1-17(2)15-42-28-27(44-21(6)36)19(4)26(43-20(5)35)25-31(45-22(7)37)33(12,46-23(8)38)16-34(25,47-24(9)39)29(40)18(3)13-14-32(10,11)30(28)41/h13-14,17-18,25-28,31H,4,15-16H2,1-3,5-12H3/b14-13+/t18-,25-,26-,27-,28-,31+,33+,34+/m0/s1. The van der Waals surface area contributed by atoms with E-state index in [1.165, 1.54) is 26.0 Å². The van der Waals surface area contributed by atoms with Crippen molar-refractivity contribution in [1.82, 2.24) is 0 Å². The SMILES string of the molecule is C=C1[C@H](OC(C)=O)[C@H]2[C@@H](OC(C)=O)[C@](C)(OC(C)=O)C[C@]2(OC(C)=O)C(=O)[C@@H](C)/C=C/C(C)(C)C(=O)[C@@H](OCC(C)C)[C@H]1OC(C)=O. The molecule has 0 unspecified atom stereocenters. The molecular formula is C34H48O13. The van der Waals surface area contributed by atoms with Crippen LogP contribution in [0.4, 0.5) is 0 Å². The molecule has 0 heterocycles. The third kappa shape index (κ3) is 8.94. The minimum absolute atomic E-state index is 0.0514. The van der Waals surface area contributed by atoms with Gasteiger partial charge in [-0.3, -0.25) is 33.6 Å². The molecule has 2 rings (SSSR count). The smallest absolute Gasteiger partial charge is 0.303 e. The van der Waals surface area contributed by atoms with Crippen molar-refractivity contribution in [1.29, 1.82) is 0 Å². The molecule has 0 aliphatic heterocycles. The fraction of sp³-hybridized carbons (Fsp3) is 0.676. The maximum atomic E-state index is 14.7. The lowest BCUT2D eigenvalue weighted by molar-refractivity contribution is -0.190. The first-order chi connectivity index (χ1) is 21.5. The van der Waals surface area contributed by atoms with E-state index in [1.54, 1.807) is 13.8 Å². The van der Waals surface area contributed by atoms with Crippen molar-refractivity contribution < 1.29 is 62.0 Å². The Morgan fingerprint density at radius 2 is 1.30 bits per heavy atom. The Bertz CT molecular complexity index is 1330. The van der Waals surface area contributed by atoms with E-state index in [1.807, 2.05) is 13.8 Å². The van der Waals surface area contributed by atoms with Crippen LogP contribution in [0.5, 0.6) is 0 Å². The number of ether oxygens (including phenoxy) is 6. The number of carbonyl (C=O) groups is 7. The van der Waals surface area contributed by atoms with Crippen LogP contribution in [0.15, 0.2) is 24.3 Å². The molecule has 2 aliphatic rings. The molecule has 47 heavy (non-hydrogen) atoms. The van der Waals surface area contributed by atoms with Gasteiger partial charge in [0.05, 0.1) is 12.5 Å². The number of carbonyl (C=O) groups excluding carboxylic acids is 7. The summed E-state index contributed by atoms with van der Waals surface area (Å²) in [6, 6.07) is 0. The van der Waals surface area contributed by atoms with Crippen LogP contribution in [0.1, 0.15) is 82.6 Å². The molecule has 13 nitrogen and oxygen atoms in total. The van der Waals surface area contributed by atoms with Gasteiger partial charge in [0, 0.05) is 57.9 Å². The molecule has 0 radical (unpaired) electrons. The first kappa shape index (κ1) is 39.3. The Balaban J connectivity index is 3.18. The molecule has 0 aromatic rings. The highest BCUT2D eigenvalue weighted by Gasteiger charge is 2.72. The van der Waals surface area contributed by atoms with E-state index in [0.29, 0.717) is 0 Å². The molecule has 0 N–H and O–H groups in total. The average Bonchev–Trinajstić information content (AvgIpc) is 3.13. The second-order valence-corrected chi connectivity index (χ2v) is 13.5. The minimum atomic E-state index is -2.27. The number of fused-ring (bicyclic) bond motifs is 1. The van der Waals surface area contributed by atoms with E-state index in [0.717, 1.165) is 34.6 Å². The molecule has 1 saturated carbocycles. The van der Waals surface area contributed by atoms with Gasteiger partial charge in [0.25, 0.3) is 0 Å². The molecule has 13 heteroatoms. The van der Waals surface area contributed by atoms with Gasteiger partial charge >= 0.3 is 29.8 Å². The summed E-state index contributed by atoms with van der Waals surface area (Å²) in [5.74, 6) is -8.35. The Morgan fingerprint density at radius 1 is 0.787 bits per heavy atom. The third-order valence-corrected chi connectivity index (χ3v) is 8.13. The molecule has 0 bridgehead atoms. The molecule has 0 spiro atoms. The van der Waals surface area contributed by atoms with Crippen molar-refractivity contribution in [2.75, 3.05) is 6.61 Å². The van der Waals surface area contributed by atoms with Gasteiger partial charge in [-0.1, -0.05) is 39.5 Å². The van der Waals surface area contributed by atoms with Crippen molar-refractivity contribution >= 4 is 41.4 Å². The molecular weight excluding hydrogens is 616 g/mol. The predicted octanol–water partition coefficient (Wildman–Crippen LogP) is 3.39. The lowest BCUT2D eigenvalue weighted by Crippen LogP contribution is -2.58. The van der Waals surface area contributed by atoms with Crippen LogP contribution < -0.4 is 0 Å². The first-order valence-electron chi connectivity index (χ1n) is 15.5. The highest BCUT2D eigenvalue weighted by molar-refractivity contribution is 5.95. The topological polar surface area (TPSA) is 175 Å². The van der Waals surface area contributed by atoms with Crippen LogP contribution in [0, 0.1) is 23.2 Å². The number of ketones is 2. The quantitative estimate of drug-likeness (QED) is 0.210. The zero-order chi connectivity index (χ0) is 36.2. The van der Waals surface area contributed by atoms with Crippen LogP contribution in [-0.4, -0.2) is 83.6 Å². The van der Waals surface area contributed by atoms with Gasteiger partial charge in [-0.05, 0) is 26.7 Å². The van der Waals surface area contributed by atoms with Gasteiger partial charge in [0.15, 0.2) is 41.1 Å². The molecule has 0 aromatic heterocycles. The zero-order valence-electron chi connectivity index (χ0n) is 29.1. The lowest BCUT2D eigenvalue weighted by Gasteiger charge is -2.42. The van der Waals surface area contributed by atoms with Gasteiger partial charge in [-0.25, -0.2) is 0 Å². The molecule has 0 saturated heterocycles. The largest absolute Gasteiger partial charge is 0.458 e. The Labute approximate surface area is 275 Å². The van der Waals surface area contributed by atoms with Crippen molar-refractivity contribution in [2.24, 2.45) is 23.2 Å². The summed E-state index contributed by atoms with van der Waals surface area (Å²) >= 11 is 0. The Morgan fingerprint density at radius 3 is 1.77 bits per heavy atom. The van der Waals surface area contributed by atoms with Gasteiger partial charge in [0.2, 0.25) is 0 Å². The first-order valence-corrected chi connectivity index (χ1v) is 15.5. The lowest BCUT2D eigenvalue weighted by atomic mass is 9.72. The van der Waals surface area contributed by atoms with Crippen molar-refractivity contribution in [3.63, 3.8) is 0 Å². The van der Waals surface area contributed by atoms with Crippen LogP contribution in [0.3, 0.4) is 0 Å². The Kier molecular flexibility index (Phi) is 12.5. The summed E-state index contributed by atoms with van der Waals surface area (Å²) in [6.07, 6.45) is -3.99. The van der Waals surface area contributed by atoms with Crippen molar-refractivity contribution in [3.8, 4) is 0 Å². The number of esters is 5. The fourth-order valence-corrected chi connectivity index (χ4v) is 6.36. The molecule has 0 amide bonds. The number of rotatable bonds is 8. The van der Waals surface area contributed by atoms with Gasteiger partial charge in [0.1, 0.15) is 6.10 Å². The maximum Gasteiger partial charge on any atom is 0.303 e. The number of hydrogen-bond acceptors (Lipinski definition) is 13. The van der Waals surface area contributed by atoms with Crippen LogP contribution >= 0.6 is 0 Å². The number of Topliss-reactive ketones (excluding diaryl/α,β-unsaturated/α-hetero) is 2. The third-order valence-electron chi connectivity index (χ3n) is 8.13. The van der Waals surface area contributed by atoms with E-state index in [-0.39, 0.29) is 18.1 Å². The van der Waals surface area contributed by atoms with Crippen LogP contribution in [0.2, 0.25) is 0 Å². The van der Waals surface area contributed by atoms with Gasteiger partial charge in [-0.2, -0.15) is 0 Å². The van der Waals surface area contributed by atoms with Crippen molar-refractivity contribution in [3.05, 3.63) is 24.3 Å². The summed E-state index contributed by atoms with van der Waals surface area (Å²) in [5.41, 5.74) is -5.63. The summed E-state index contributed by atoms with van der Waals surface area (Å²) in [5, 5.41) is 0. The summed E-state index contributed by atoms with van der Waals surface area (Å²) in [7, 11) is 0. The van der Waals surface area contributed by atoms with E-state index >= 15 is 0 Å². The molecule has 0 aromatic carbocycles. The fourth-order valence-electron chi connectivity index (χ4n) is 6.36. The number of allylic oxidation sites excluding steroid dienone is 2. The average molecular weight is 665 g/mol. The highest BCUT2D eigenvalue weighted by atomic mass is 16.6. The summed E-state index contributed by atoms with van der Waals surface area (Å²) in [4.78, 5) is 92.1. The number of hydrogen-bond donors (Lipinski definition) is 0. The van der Waals surface area contributed by atoms with Gasteiger partial charge < -0.3 is 28.4 Å². The summed E-state index contributed by atoms with van der Waals surface area (Å²) < 4.78 is 34.9. The second kappa shape index (κ2) is 14.9. The normalized spacial score (nSPS) is 33.1. The van der Waals surface area contributed by atoms with E-state index in [9.17, 15) is 33.6 Å². The van der Waals surface area contributed by atoms with E-state index in [2.05, 4.69) is 6.58 Å². The van der Waals surface area contributed by atoms with Crippen molar-refractivity contribution in [2.45, 2.75) is 118 Å². The molecule has 1 fully saturated rings. The van der Waals surface area contributed by atoms with Gasteiger partial charge in [-0.15, -0.1) is 0 Å². The summed E-state index contributed by atoms with van der Waals surface area (Å²) in [6.45, 7) is 19.3. The highest BCUT2D eigenvalue weighted by Crippen LogP contribution is 2.54. The predicted molar refractivity (Wildman–Crippen MR) is 165 cm³/mol. The zero-order valence-corrected chi connectivity index (χ0v) is 29.1. The molecule has 2 aliphatic carbocycles.